The lowest BCUT2D eigenvalue weighted by molar-refractivity contribution is 0.00702. The largest absolute Gasteiger partial charge is 0.370 e. The van der Waals surface area contributed by atoms with E-state index in [1.165, 1.54) is 12.8 Å². The number of hydrogen-bond acceptors (Lipinski definition) is 3. The summed E-state index contributed by atoms with van der Waals surface area (Å²) < 4.78 is 7.97. The van der Waals surface area contributed by atoms with Crippen molar-refractivity contribution in [2.24, 2.45) is 0 Å². The molecule has 2 heterocycles. The molecule has 0 aromatic carbocycles. The van der Waals surface area contributed by atoms with Crippen molar-refractivity contribution in [3.63, 3.8) is 0 Å². The average Bonchev–Trinajstić information content (AvgIpc) is 2.74. The Balaban J connectivity index is 2.20. The number of rotatable bonds is 4. The molecule has 1 aliphatic heterocycles. The van der Waals surface area contributed by atoms with Crippen LogP contribution in [0.1, 0.15) is 50.4 Å². The van der Waals surface area contributed by atoms with Gasteiger partial charge in [0.15, 0.2) is 5.82 Å². The van der Waals surface area contributed by atoms with Gasteiger partial charge in [0.25, 0.3) is 0 Å². The lowest BCUT2D eigenvalue weighted by Crippen LogP contribution is -2.17. The van der Waals surface area contributed by atoms with Crippen molar-refractivity contribution >= 4 is 15.9 Å². The number of ether oxygens (including phenoxy) is 1. The second-order valence-electron chi connectivity index (χ2n) is 4.11. The summed E-state index contributed by atoms with van der Waals surface area (Å²) in [5, 5.41) is 9.26. The Morgan fingerprint density at radius 2 is 2.31 bits per heavy atom. The monoisotopic (exact) mass is 287 g/mol. The van der Waals surface area contributed by atoms with E-state index in [9.17, 15) is 0 Å². The van der Waals surface area contributed by atoms with E-state index in [0.29, 0.717) is 0 Å². The van der Waals surface area contributed by atoms with Gasteiger partial charge in [0.1, 0.15) is 11.9 Å². The van der Waals surface area contributed by atoms with Gasteiger partial charge in [-0.05, 0) is 25.7 Å². The number of nitrogens with zero attached hydrogens (tertiary/aromatic N) is 3. The fourth-order valence-electron chi connectivity index (χ4n) is 2.10. The zero-order valence-corrected chi connectivity index (χ0v) is 11.2. The zero-order valence-electron chi connectivity index (χ0n) is 9.65. The van der Waals surface area contributed by atoms with Crippen LogP contribution in [0.2, 0.25) is 0 Å². The maximum atomic E-state index is 5.77. The van der Waals surface area contributed by atoms with Gasteiger partial charge in [0, 0.05) is 13.2 Å². The van der Waals surface area contributed by atoms with Crippen molar-refractivity contribution in [2.45, 2.75) is 50.6 Å². The molecular weight excluding hydrogens is 270 g/mol. The molecule has 0 radical (unpaired) electrons. The van der Waals surface area contributed by atoms with Crippen molar-refractivity contribution in [1.82, 2.24) is 14.8 Å². The maximum absolute atomic E-state index is 5.77. The summed E-state index contributed by atoms with van der Waals surface area (Å²) in [4.78, 5) is 0. The van der Waals surface area contributed by atoms with E-state index in [2.05, 4.69) is 37.6 Å². The van der Waals surface area contributed by atoms with Gasteiger partial charge in [0.2, 0.25) is 0 Å². The predicted octanol–water partition coefficient (Wildman–Crippen LogP) is 2.82. The molecule has 4 nitrogen and oxygen atoms in total. The molecule has 1 fully saturated rings. The maximum Gasteiger partial charge on any atom is 0.162 e. The third-order valence-electron chi connectivity index (χ3n) is 2.89. The summed E-state index contributed by atoms with van der Waals surface area (Å²) in [6, 6.07) is 0. The first-order valence-corrected chi connectivity index (χ1v) is 7.08. The van der Waals surface area contributed by atoms with Crippen LogP contribution in [0.4, 0.5) is 0 Å². The minimum Gasteiger partial charge on any atom is -0.370 e. The predicted molar refractivity (Wildman–Crippen MR) is 65.5 cm³/mol. The normalized spacial score (nSPS) is 21.2. The van der Waals surface area contributed by atoms with Gasteiger partial charge in [-0.15, -0.1) is 10.2 Å². The number of hydrogen-bond donors (Lipinski definition) is 0. The van der Waals surface area contributed by atoms with E-state index < -0.39 is 0 Å². The molecule has 0 spiro atoms. The standard InChI is InChI=1S/C11H18BrN3O/c1-2-6-15-10(8-12)13-14-11(15)9-5-3-4-7-16-9/h9H,2-8H2,1H3. The van der Waals surface area contributed by atoms with E-state index in [0.717, 1.165) is 43.0 Å². The number of aromatic nitrogens is 3. The minimum atomic E-state index is 0.153. The van der Waals surface area contributed by atoms with Crippen LogP contribution >= 0.6 is 15.9 Å². The molecule has 1 unspecified atom stereocenters. The third kappa shape index (κ3) is 2.46. The van der Waals surface area contributed by atoms with Gasteiger partial charge in [-0.25, -0.2) is 0 Å². The topological polar surface area (TPSA) is 39.9 Å². The lowest BCUT2D eigenvalue weighted by atomic mass is 10.1. The van der Waals surface area contributed by atoms with E-state index in [1.54, 1.807) is 0 Å². The Kier molecular flexibility index (Phi) is 4.35. The van der Waals surface area contributed by atoms with Crippen molar-refractivity contribution in [1.29, 1.82) is 0 Å². The first kappa shape index (κ1) is 12.0. The van der Waals surface area contributed by atoms with Crippen molar-refractivity contribution in [3.8, 4) is 0 Å². The quantitative estimate of drug-likeness (QED) is 0.800. The molecule has 90 valence electrons. The summed E-state index contributed by atoms with van der Waals surface area (Å²) >= 11 is 3.45. The highest BCUT2D eigenvalue weighted by atomic mass is 79.9. The first-order valence-electron chi connectivity index (χ1n) is 5.96. The highest BCUT2D eigenvalue weighted by Gasteiger charge is 2.23. The third-order valence-corrected chi connectivity index (χ3v) is 3.39. The molecule has 16 heavy (non-hydrogen) atoms. The Bertz CT molecular complexity index is 334. The van der Waals surface area contributed by atoms with Crippen molar-refractivity contribution < 1.29 is 4.74 Å². The zero-order chi connectivity index (χ0) is 11.4. The Morgan fingerprint density at radius 1 is 1.44 bits per heavy atom. The fourth-order valence-corrected chi connectivity index (χ4v) is 2.51. The molecule has 0 saturated carbocycles. The van der Waals surface area contributed by atoms with Gasteiger partial charge >= 0.3 is 0 Å². The van der Waals surface area contributed by atoms with Crippen LogP contribution in [-0.2, 0) is 16.6 Å². The molecule has 1 aromatic rings. The lowest BCUT2D eigenvalue weighted by Gasteiger charge is -2.22. The van der Waals surface area contributed by atoms with Crippen LogP contribution in [-0.4, -0.2) is 21.4 Å². The molecule has 5 heteroatoms. The molecule has 2 rings (SSSR count). The molecule has 1 saturated heterocycles. The van der Waals surface area contributed by atoms with Gasteiger partial charge in [-0.3, -0.25) is 0 Å². The summed E-state index contributed by atoms with van der Waals surface area (Å²) in [6.45, 7) is 4.00. The SMILES string of the molecule is CCCn1c(CBr)nnc1C1CCCCO1. The smallest absolute Gasteiger partial charge is 0.162 e. The summed E-state index contributed by atoms with van der Waals surface area (Å²) in [5.74, 6) is 2.02. The minimum absolute atomic E-state index is 0.153. The van der Waals surface area contributed by atoms with Gasteiger partial charge < -0.3 is 9.30 Å². The molecule has 0 aliphatic carbocycles. The van der Waals surface area contributed by atoms with Gasteiger partial charge in [-0.2, -0.15) is 0 Å². The van der Waals surface area contributed by atoms with E-state index in [1.807, 2.05) is 0 Å². The highest BCUT2D eigenvalue weighted by molar-refractivity contribution is 9.08. The first-order chi connectivity index (χ1) is 7.86. The average molecular weight is 288 g/mol. The molecule has 0 amide bonds. The van der Waals surface area contributed by atoms with Crippen molar-refractivity contribution in [3.05, 3.63) is 11.6 Å². The summed E-state index contributed by atoms with van der Waals surface area (Å²) in [5.41, 5.74) is 0. The molecular formula is C11H18BrN3O. The Hall–Kier alpha value is -0.420. The van der Waals surface area contributed by atoms with Crippen LogP contribution in [0.5, 0.6) is 0 Å². The second kappa shape index (κ2) is 5.77. The summed E-state index contributed by atoms with van der Waals surface area (Å²) in [6.07, 6.45) is 4.72. The molecule has 1 aromatic heterocycles. The molecule has 1 aliphatic rings. The summed E-state index contributed by atoms with van der Waals surface area (Å²) in [7, 11) is 0. The van der Waals surface area contributed by atoms with E-state index >= 15 is 0 Å². The van der Waals surface area contributed by atoms with E-state index in [4.69, 9.17) is 4.74 Å². The second-order valence-corrected chi connectivity index (χ2v) is 4.68. The van der Waals surface area contributed by atoms with Gasteiger partial charge in [-0.1, -0.05) is 22.9 Å². The van der Waals surface area contributed by atoms with E-state index in [-0.39, 0.29) is 6.10 Å². The Morgan fingerprint density at radius 3 is 2.94 bits per heavy atom. The molecule has 0 bridgehead atoms. The van der Waals surface area contributed by atoms with Crippen LogP contribution in [0.3, 0.4) is 0 Å². The highest BCUT2D eigenvalue weighted by Crippen LogP contribution is 2.27. The molecule has 1 atom stereocenters. The van der Waals surface area contributed by atoms with Crippen molar-refractivity contribution in [2.75, 3.05) is 6.61 Å². The molecule has 0 N–H and O–H groups in total. The van der Waals surface area contributed by atoms with Crippen LogP contribution in [0.25, 0.3) is 0 Å². The van der Waals surface area contributed by atoms with Crippen LogP contribution in [0.15, 0.2) is 0 Å². The number of alkyl halides is 1. The Labute approximate surface area is 105 Å². The fraction of sp³-hybridized carbons (Fsp3) is 0.818. The van der Waals surface area contributed by atoms with Gasteiger partial charge in [0.05, 0.1) is 5.33 Å². The van der Waals surface area contributed by atoms with Crippen LogP contribution in [0, 0.1) is 0 Å². The number of halogens is 1. The van der Waals surface area contributed by atoms with Crippen LogP contribution < -0.4 is 0 Å².